The Labute approximate surface area is 123 Å². The van der Waals surface area contributed by atoms with Gasteiger partial charge in [-0.25, -0.2) is 13.6 Å². The number of hydrogen-bond acceptors (Lipinski definition) is 3. The number of rotatable bonds is 3. The second kappa shape index (κ2) is 6.00. The van der Waals surface area contributed by atoms with Gasteiger partial charge in [-0.15, -0.1) is 0 Å². The predicted octanol–water partition coefficient (Wildman–Crippen LogP) is 4.13. The van der Waals surface area contributed by atoms with Crippen molar-refractivity contribution in [2.75, 3.05) is 12.4 Å². The second-order valence-electron chi connectivity index (χ2n) is 6.41. The predicted molar refractivity (Wildman–Crippen MR) is 77.4 cm³/mol. The first-order valence-electron chi connectivity index (χ1n) is 7.16. The lowest BCUT2D eigenvalue weighted by molar-refractivity contribution is 0.0595. The number of benzene rings is 1. The van der Waals surface area contributed by atoms with E-state index in [0.717, 1.165) is 31.7 Å². The van der Waals surface area contributed by atoms with Crippen molar-refractivity contribution < 1.29 is 18.3 Å². The van der Waals surface area contributed by atoms with Crippen LogP contribution in [0.15, 0.2) is 12.1 Å². The molecule has 0 amide bonds. The summed E-state index contributed by atoms with van der Waals surface area (Å²) in [5.74, 6) is -2.41. The van der Waals surface area contributed by atoms with E-state index in [9.17, 15) is 13.6 Å². The summed E-state index contributed by atoms with van der Waals surface area (Å²) in [6.45, 7) is 4.36. The molecule has 2 rings (SSSR count). The van der Waals surface area contributed by atoms with Gasteiger partial charge in [0.1, 0.15) is 11.6 Å². The Hall–Kier alpha value is -1.65. The van der Waals surface area contributed by atoms with Crippen molar-refractivity contribution in [1.29, 1.82) is 0 Å². The molecule has 1 N–H and O–H groups in total. The van der Waals surface area contributed by atoms with E-state index < -0.39 is 17.6 Å². The Balaban J connectivity index is 2.21. The summed E-state index contributed by atoms with van der Waals surface area (Å²) < 4.78 is 32.0. The quantitative estimate of drug-likeness (QED) is 0.852. The molecule has 0 aliphatic heterocycles. The second-order valence-corrected chi connectivity index (χ2v) is 6.41. The van der Waals surface area contributed by atoms with Crippen molar-refractivity contribution in [3.05, 3.63) is 29.3 Å². The smallest absolute Gasteiger partial charge is 0.340 e. The molecule has 1 atom stereocenters. The van der Waals surface area contributed by atoms with Gasteiger partial charge in [0, 0.05) is 12.1 Å². The fourth-order valence-electron chi connectivity index (χ4n) is 2.97. The van der Waals surface area contributed by atoms with Crippen LogP contribution in [0.5, 0.6) is 0 Å². The van der Waals surface area contributed by atoms with E-state index in [1.807, 2.05) is 0 Å². The van der Waals surface area contributed by atoms with Crippen LogP contribution in [-0.2, 0) is 4.74 Å². The van der Waals surface area contributed by atoms with E-state index in [4.69, 9.17) is 0 Å². The summed E-state index contributed by atoms with van der Waals surface area (Å²) in [6, 6.07) is 2.04. The molecule has 0 radical (unpaired) electrons. The van der Waals surface area contributed by atoms with Gasteiger partial charge < -0.3 is 10.1 Å². The van der Waals surface area contributed by atoms with Crippen LogP contribution in [0.3, 0.4) is 0 Å². The molecule has 0 saturated heterocycles. The fraction of sp³-hybridized carbons (Fsp3) is 0.562. The van der Waals surface area contributed by atoms with Crippen molar-refractivity contribution in [3.8, 4) is 0 Å². The molecule has 0 heterocycles. The third-order valence-corrected chi connectivity index (χ3v) is 4.03. The summed E-state index contributed by atoms with van der Waals surface area (Å²) >= 11 is 0. The van der Waals surface area contributed by atoms with Gasteiger partial charge in [0.2, 0.25) is 0 Å². The molecule has 1 aromatic rings. The van der Waals surface area contributed by atoms with Gasteiger partial charge >= 0.3 is 5.97 Å². The summed E-state index contributed by atoms with van der Waals surface area (Å²) in [5, 5.41) is 3.10. The zero-order valence-electron chi connectivity index (χ0n) is 12.6. The molecule has 116 valence electrons. The Morgan fingerprint density at radius 2 is 2.05 bits per heavy atom. The molecule has 1 fully saturated rings. The van der Waals surface area contributed by atoms with Crippen molar-refractivity contribution in [3.63, 3.8) is 0 Å². The Kier molecular flexibility index (Phi) is 4.49. The summed E-state index contributed by atoms with van der Waals surface area (Å²) in [5.41, 5.74) is 0.105. The van der Waals surface area contributed by atoms with Gasteiger partial charge in [-0.1, -0.05) is 20.3 Å². The van der Waals surface area contributed by atoms with Crippen molar-refractivity contribution in [2.45, 2.75) is 45.6 Å². The number of methoxy groups -OCH3 is 1. The van der Waals surface area contributed by atoms with Crippen LogP contribution < -0.4 is 5.32 Å². The standard InChI is InChI=1S/C16H21F2NO2/c1-16(2)6-4-5-10(9-16)19-14-7-11(15(20)21-3)12(17)8-13(14)18/h7-8,10,19H,4-6,9H2,1-3H3. The lowest BCUT2D eigenvalue weighted by Gasteiger charge is -2.36. The first-order chi connectivity index (χ1) is 9.82. The first-order valence-corrected chi connectivity index (χ1v) is 7.16. The molecule has 1 aliphatic carbocycles. The van der Waals surface area contributed by atoms with E-state index in [1.165, 1.54) is 13.2 Å². The molecule has 1 aromatic carbocycles. The van der Waals surface area contributed by atoms with Crippen LogP contribution in [0.2, 0.25) is 0 Å². The zero-order chi connectivity index (χ0) is 15.6. The number of anilines is 1. The molecule has 1 aliphatic rings. The number of nitrogens with one attached hydrogen (secondary N) is 1. The van der Waals surface area contributed by atoms with Gasteiger partial charge in [-0.05, 0) is 30.7 Å². The molecular formula is C16H21F2NO2. The number of esters is 1. The SMILES string of the molecule is COC(=O)c1cc(NC2CCCC(C)(C)C2)c(F)cc1F. The minimum atomic E-state index is -0.908. The van der Waals surface area contributed by atoms with Crippen LogP contribution in [0.25, 0.3) is 0 Å². The molecule has 3 nitrogen and oxygen atoms in total. The van der Waals surface area contributed by atoms with Crippen LogP contribution in [0.1, 0.15) is 49.9 Å². The zero-order valence-corrected chi connectivity index (χ0v) is 12.6. The van der Waals surface area contributed by atoms with E-state index in [1.54, 1.807) is 0 Å². The highest BCUT2D eigenvalue weighted by Gasteiger charge is 2.28. The number of ether oxygens (including phenoxy) is 1. The van der Waals surface area contributed by atoms with Crippen molar-refractivity contribution in [1.82, 2.24) is 0 Å². The highest BCUT2D eigenvalue weighted by molar-refractivity contribution is 5.90. The molecule has 1 unspecified atom stereocenters. The first kappa shape index (κ1) is 15.7. The molecular weight excluding hydrogens is 276 g/mol. The number of carbonyl (C=O) groups excluding carboxylic acids is 1. The molecule has 0 bridgehead atoms. The third kappa shape index (κ3) is 3.71. The molecule has 21 heavy (non-hydrogen) atoms. The Bertz CT molecular complexity index is 543. The molecule has 0 spiro atoms. The average molecular weight is 297 g/mol. The van der Waals surface area contributed by atoms with E-state index in [-0.39, 0.29) is 22.7 Å². The van der Waals surface area contributed by atoms with Crippen LogP contribution >= 0.6 is 0 Å². The van der Waals surface area contributed by atoms with Crippen molar-refractivity contribution >= 4 is 11.7 Å². The lowest BCUT2D eigenvalue weighted by atomic mass is 9.75. The largest absolute Gasteiger partial charge is 0.465 e. The van der Waals surface area contributed by atoms with Crippen LogP contribution in [0, 0.1) is 17.0 Å². The molecule has 5 heteroatoms. The van der Waals surface area contributed by atoms with Gasteiger partial charge in [-0.3, -0.25) is 0 Å². The Morgan fingerprint density at radius 1 is 1.33 bits per heavy atom. The number of halogens is 2. The highest BCUT2D eigenvalue weighted by atomic mass is 19.1. The van der Waals surface area contributed by atoms with Gasteiger partial charge in [0.05, 0.1) is 18.4 Å². The maximum atomic E-state index is 13.9. The number of carbonyl (C=O) groups is 1. The normalized spacial score (nSPS) is 20.9. The minimum Gasteiger partial charge on any atom is -0.465 e. The van der Waals surface area contributed by atoms with Gasteiger partial charge in [0.25, 0.3) is 0 Å². The topological polar surface area (TPSA) is 38.3 Å². The molecule has 1 saturated carbocycles. The highest BCUT2D eigenvalue weighted by Crippen LogP contribution is 2.36. The van der Waals surface area contributed by atoms with Gasteiger partial charge in [-0.2, -0.15) is 0 Å². The average Bonchev–Trinajstić information content (AvgIpc) is 2.40. The van der Waals surface area contributed by atoms with Crippen LogP contribution in [-0.4, -0.2) is 19.1 Å². The van der Waals surface area contributed by atoms with Crippen molar-refractivity contribution in [2.24, 2.45) is 5.41 Å². The lowest BCUT2D eigenvalue weighted by Crippen LogP contribution is -2.32. The summed E-state index contributed by atoms with van der Waals surface area (Å²) in [6.07, 6.45) is 4.06. The van der Waals surface area contributed by atoms with E-state index >= 15 is 0 Å². The van der Waals surface area contributed by atoms with E-state index in [0.29, 0.717) is 0 Å². The molecule has 0 aromatic heterocycles. The van der Waals surface area contributed by atoms with Gasteiger partial charge in [0.15, 0.2) is 0 Å². The maximum absolute atomic E-state index is 13.9. The summed E-state index contributed by atoms with van der Waals surface area (Å²) in [7, 11) is 1.17. The maximum Gasteiger partial charge on any atom is 0.340 e. The summed E-state index contributed by atoms with van der Waals surface area (Å²) in [4.78, 5) is 11.5. The number of hydrogen-bond donors (Lipinski definition) is 1. The third-order valence-electron chi connectivity index (χ3n) is 4.03. The monoisotopic (exact) mass is 297 g/mol. The van der Waals surface area contributed by atoms with E-state index in [2.05, 4.69) is 23.9 Å². The fourth-order valence-corrected chi connectivity index (χ4v) is 2.97. The minimum absolute atomic E-state index is 0.124. The Morgan fingerprint density at radius 3 is 2.67 bits per heavy atom. The van der Waals surface area contributed by atoms with Crippen LogP contribution in [0.4, 0.5) is 14.5 Å².